The standard InChI is InChI=1S/C17H20N2O2/c1-13-9-10-18-16(12-13)19-17(20)8-5-11-21-15-7-4-3-6-14(15)2/h3-4,6-7,9-10,12H,5,8,11H2,1-2H3,(H,18,19,20). The fraction of sp³-hybridized carbons (Fsp3) is 0.294. The molecule has 4 nitrogen and oxygen atoms in total. The van der Waals surface area contributed by atoms with Crippen LogP contribution < -0.4 is 10.1 Å². The third kappa shape index (κ3) is 4.91. The SMILES string of the molecule is Cc1ccnc(NC(=O)CCCOc2ccccc2C)c1. The predicted octanol–water partition coefficient (Wildman–Crippen LogP) is 3.50. The van der Waals surface area contributed by atoms with Crippen molar-refractivity contribution in [2.45, 2.75) is 26.7 Å². The van der Waals surface area contributed by atoms with Crippen LogP contribution >= 0.6 is 0 Å². The van der Waals surface area contributed by atoms with Crippen LogP contribution in [0.15, 0.2) is 42.6 Å². The van der Waals surface area contributed by atoms with Gasteiger partial charge in [0, 0.05) is 12.6 Å². The molecule has 0 bridgehead atoms. The van der Waals surface area contributed by atoms with Crippen LogP contribution in [0.5, 0.6) is 5.75 Å². The van der Waals surface area contributed by atoms with Gasteiger partial charge in [-0.15, -0.1) is 0 Å². The largest absolute Gasteiger partial charge is 0.493 e. The van der Waals surface area contributed by atoms with Gasteiger partial charge in [0.1, 0.15) is 11.6 Å². The number of benzene rings is 1. The minimum atomic E-state index is -0.0403. The summed E-state index contributed by atoms with van der Waals surface area (Å²) in [7, 11) is 0. The maximum atomic E-state index is 11.8. The highest BCUT2D eigenvalue weighted by atomic mass is 16.5. The van der Waals surface area contributed by atoms with E-state index in [4.69, 9.17) is 4.74 Å². The lowest BCUT2D eigenvalue weighted by atomic mass is 10.2. The van der Waals surface area contributed by atoms with E-state index < -0.39 is 0 Å². The number of para-hydroxylation sites is 1. The zero-order chi connectivity index (χ0) is 15.1. The first kappa shape index (κ1) is 15.0. The molecule has 0 radical (unpaired) electrons. The number of amides is 1. The van der Waals surface area contributed by atoms with E-state index in [1.165, 1.54) is 0 Å². The van der Waals surface area contributed by atoms with Gasteiger partial charge >= 0.3 is 0 Å². The topological polar surface area (TPSA) is 51.2 Å². The number of nitrogens with zero attached hydrogens (tertiary/aromatic N) is 1. The van der Waals surface area contributed by atoms with Gasteiger partial charge in [0.2, 0.25) is 5.91 Å². The summed E-state index contributed by atoms with van der Waals surface area (Å²) in [4.78, 5) is 15.9. The number of rotatable bonds is 6. The quantitative estimate of drug-likeness (QED) is 0.826. The first-order valence-corrected chi connectivity index (χ1v) is 7.06. The van der Waals surface area contributed by atoms with Gasteiger partial charge in [-0.1, -0.05) is 18.2 Å². The Labute approximate surface area is 125 Å². The molecule has 0 spiro atoms. The number of anilines is 1. The van der Waals surface area contributed by atoms with Crippen molar-refractivity contribution in [1.82, 2.24) is 4.98 Å². The van der Waals surface area contributed by atoms with Gasteiger partial charge in [0.05, 0.1) is 6.61 Å². The van der Waals surface area contributed by atoms with E-state index >= 15 is 0 Å². The molecule has 110 valence electrons. The summed E-state index contributed by atoms with van der Waals surface area (Å²) >= 11 is 0. The van der Waals surface area contributed by atoms with Gasteiger partial charge in [0.15, 0.2) is 0 Å². The lowest BCUT2D eigenvalue weighted by Crippen LogP contribution is -2.13. The Bertz CT molecular complexity index is 611. The summed E-state index contributed by atoms with van der Waals surface area (Å²) in [5, 5.41) is 2.79. The second-order valence-corrected chi connectivity index (χ2v) is 4.98. The molecule has 0 saturated heterocycles. The van der Waals surface area contributed by atoms with Crippen LogP contribution in [-0.4, -0.2) is 17.5 Å². The second-order valence-electron chi connectivity index (χ2n) is 4.98. The van der Waals surface area contributed by atoms with Crippen molar-refractivity contribution in [2.75, 3.05) is 11.9 Å². The Morgan fingerprint density at radius 3 is 2.81 bits per heavy atom. The van der Waals surface area contributed by atoms with Gasteiger partial charge in [0.25, 0.3) is 0 Å². The summed E-state index contributed by atoms with van der Waals surface area (Å²) in [5.74, 6) is 1.43. The van der Waals surface area contributed by atoms with Gasteiger partial charge in [-0.25, -0.2) is 4.98 Å². The monoisotopic (exact) mass is 284 g/mol. The summed E-state index contributed by atoms with van der Waals surface area (Å²) in [5.41, 5.74) is 2.18. The number of pyridine rings is 1. The maximum absolute atomic E-state index is 11.8. The Hall–Kier alpha value is -2.36. The second kappa shape index (κ2) is 7.43. The molecule has 1 aromatic heterocycles. The van der Waals surface area contributed by atoms with E-state index in [0.29, 0.717) is 25.3 Å². The first-order valence-electron chi connectivity index (χ1n) is 7.06. The Balaban J connectivity index is 1.71. The molecule has 2 rings (SSSR count). The summed E-state index contributed by atoms with van der Waals surface area (Å²) in [6.07, 6.45) is 2.78. The smallest absolute Gasteiger partial charge is 0.225 e. The highest BCUT2D eigenvalue weighted by Gasteiger charge is 2.04. The van der Waals surface area contributed by atoms with E-state index in [0.717, 1.165) is 16.9 Å². The molecule has 1 N–H and O–H groups in total. The minimum absolute atomic E-state index is 0.0403. The third-order valence-electron chi connectivity index (χ3n) is 3.08. The zero-order valence-corrected chi connectivity index (χ0v) is 12.4. The van der Waals surface area contributed by atoms with Crippen molar-refractivity contribution in [2.24, 2.45) is 0 Å². The molecule has 0 unspecified atom stereocenters. The molecule has 1 amide bonds. The van der Waals surface area contributed by atoms with E-state index in [2.05, 4.69) is 10.3 Å². The molecule has 4 heteroatoms. The third-order valence-corrected chi connectivity index (χ3v) is 3.08. The van der Waals surface area contributed by atoms with E-state index in [1.807, 2.05) is 50.2 Å². The zero-order valence-electron chi connectivity index (χ0n) is 12.4. The van der Waals surface area contributed by atoms with Gasteiger partial charge in [-0.2, -0.15) is 0 Å². The van der Waals surface area contributed by atoms with Crippen molar-refractivity contribution >= 4 is 11.7 Å². The van der Waals surface area contributed by atoms with Crippen LogP contribution in [0, 0.1) is 13.8 Å². The molecule has 0 fully saturated rings. The van der Waals surface area contributed by atoms with E-state index in [-0.39, 0.29) is 5.91 Å². The Morgan fingerprint density at radius 2 is 2.05 bits per heavy atom. The fourth-order valence-corrected chi connectivity index (χ4v) is 1.94. The summed E-state index contributed by atoms with van der Waals surface area (Å²) in [6, 6.07) is 11.6. The fourth-order valence-electron chi connectivity index (χ4n) is 1.94. The van der Waals surface area contributed by atoms with Crippen LogP contribution in [0.1, 0.15) is 24.0 Å². The van der Waals surface area contributed by atoms with Crippen molar-refractivity contribution in [3.8, 4) is 5.75 Å². The average molecular weight is 284 g/mol. The lowest BCUT2D eigenvalue weighted by Gasteiger charge is -2.09. The molecule has 0 aliphatic heterocycles. The summed E-state index contributed by atoms with van der Waals surface area (Å²) in [6.45, 7) is 4.50. The lowest BCUT2D eigenvalue weighted by molar-refractivity contribution is -0.116. The van der Waals surface area contributed by atoms with E-state index in [9.17, 15) is 4.79 Å². The maximum Gasteiger partial charge on any atom is 0.225 e. The number of hydrogen-bond donors (Lipinski definition) is 1. The van der Waals surface area contributed by atoms with Crippen LogP contribution in [0.4, 0.5) is 5.82 Å². The number of aryl methyl sites for hydroxylation is 2. The predicted molar refractivity (Wildman–Crippen MR) is 83.5 cm³/mol. The molecule has 2 aromatic rings. The van der Waals surface area contributed by atoms with Crippen LogP contribution in [0.25, 0.3) is 0 Å². The molecule has 0 saturated carbocycles. The molecule has 0 aliphatic rings. The average Bonchev–Trinajstić information content (AvgIpc) is 2.45. The van der Waals surface area contributed by atoms with E-state index in [1.54, 1.807) is 6.20 Å². The molecular formula is C17H20N2O2. The van der Waals surface area contributed by atoms with Crippen molar-refractivity contribution < 1.29 is 9.53 Å². The molecular weight excluding hydrogens is 264 g/mol. The normalized spacial score (nSPS) is 10.2. The minimum Gasteiger partial charge on any atom is -0.493 e. The number of hydrogen-bond acceptors (Lipinski definition) is 3. The molecule has 1 heterocycles. The Morgan fingerprint density at radius 1 is 1.24 bits per heavy atom. The number of aromatic nitrogens is 1. The van der Waals surface area contributed by atoms with Crippen molar-refractivity contribution in [1.29, 1.82) is 0 Å². The van der Waals surface area contributed by atoms with Crippen LogP contribution in [0.2, 0.25) is 0 Å². The molecule has 1 aromatic carbocycles. The van der Waals surface area contributed by atoms with Crippen molar-refractivity contribution in [3.63, 3.8) is 0 Å². The highest BCUT2D eigenvalue weighted by Crippen LogP contribution is 2.16. The number of nitrogens with one attached hydrogen (secondary N) is 1. The molecule has 21 heavy (non-hydrogen) atoms. The van der Waals surface area contributed by atoms with Gasteiger partial charge < -0.3 is 10.1 Å². The molecule has 0 aliphatic carbocycles. The Kier molecular flexibility index (Phi) is 5.32. The highest BCUT2D eigenvalue weighted by molar-refractivity contribution is 5.89. The van der Waals surface area contributed by atoms with Crippen LogP contribution in [0.3, 0.4) is 0 Å². The van der Waals surface area contributed by atoms with Gasteiger partial charge in [-0.05, 0) is 49.6 Å². The van der Waals surface area contributed by atoms with Crippen molar-refractivity contribution in [3.05, 3.63) is 53.7 Å². The number of ether oxygens (including phenoxy) is 1. The number of carbonyl (C=O) groups excluding carboxylic acids is 1. The van der Waals surface area contributed by atoms with Gasteiger partial charge in [-0.3, -0.25) is 4.79 Å². The number of carbonyl (C=O) groups is 1. The van der Waals surface area contributed by atoms with Crippen LogP contribution in [-0.2, 0) is 4.79 Å². The molecule has 0 atom stereocenters. The first-order chi connectivity index (χ1) is 10.1. The summed E-state index contributed by atoms with van der Waals surface area (Å²) < 4.78 is 5.66.